The summed E-state index contributed by atoms with van der Waals surface area (Å²) in [5.41, 5.74) is 0.620. The van der Waals surface area contributed by atoms with Crippen LogP contribution < -0.4 is 4.74 Å². The number of halogens is 3. The maximum absolute atomic E-state index is 10.6. The number of benzene rings is 2. The number of ether oxygens (including phenoxy) is 1. The van der Waals surface area contributed by atoms with E-state index in [1.807, 2.05) is 0 Å². The molecule has 0 saturated heterocycles. The fourth-order valence-corrected chi connectivity index (χ4v) is 2.40. The molecule has 0 aliphatic carbocycles. The lowest BCUT2D eigenvalue weighted by Crippen LogP contribution is -1.90. The zero-order valence-electron chi connectivity index (χ0n) is 10.5. The van der Waals surface area contributed by atoms with Crippen LogP contribution in [0.2, 0.25) is 10.0 Å². The van der Waals surface area contributed by atoms with Gasteiger partial charge in [0.15, 0.2) is 0 Å². The van der Waals surface area contributed by atoms with E-state index in [4.69, 9.17) is 33.0 Å². The standard InChI is InChI=1S/C15H9BrCl2O3/c16-10-7-12(18)14(8-11(10)17)21-13-4-2-1-3-9(13)5-6-15(19)20/h1-8H,(H,19,20)/b6-5+. The molecule has 0 amide bonds. The highest BCUT2D eigenvalue weighted by molar-refractivity contribution is 9.10. The van der Waals surface area contributed by atoms with Gasteiger partial charge in [0, 0.05) is 22.2 Å². The SMILES string of the molecule is O=C(O)/C=C/c1ccccc1Oc1cc(Cl)c(Br)cc1Cl. The van der Waals surface area contributed by atoms with Crippen molar-refractivity contribution in [3.63, 3.8) is 0 Å². The van der Waals surface area contributed by atoms with Crippen molar-refractivity contribution in [2.24, 2.45) is 0 Å². The minimum absolute atomic E-state index is 0.390. The third-order valence-corrected chi connectivity index (χ3v) is 4.01. The van der Waals surface area contributed by atoms with Crippen LogP contribution in [-0.2, 0) is 4.79 Å². The minimum Gasteiger partial charge on any atom is -0.478 e. The number of hydrogen-bond donors (Lipinski definition) is 1. The first-order valence-corrected chi connectivity index (χ1v) is 7.34. The lowest BCUT2D eigenvalue weighted by atomic mass is 10.2. The first-order chi connectivity index (χ1) is 9.97. The van der Waals surface area contributed by atoms with Crippen LogP contribution in [0.3, 0.4) is 0 Å². The van der Waals surface area contributed by atoms with Crippen LogP contribution in [0, 0.1) is 0 Å². The van der Waals surface area contributed by atoms with Gasteiger partial charge in [-0.2, -0.15) is 0 Å². The number of para-hydroxylation sites is 1. The molecule has 0 atom stereocenters. The fraction of sp³-hybridized carbons (Fsp3) is 0. The molecule has 0 aromatic heterocycles. The molecular weight excluding hydrogens is 379 g/mol. The Morgan fingerprint density at radius 1 is 1.14 bits per heavy atom. The number of carbonyl (C=O) groups is 1. The summed E-state index contributed by atoms with van der Waals surface area (Å²) in [7, 11) is 0. The molecule has 21 heavy (non-hydrogen) atoms. The van der Waals surface area contributed by atoms with Crippen LogP contribution >= 0.6 is 39.1 Å². The topological polar surface area (TPSA) is 46.5 Å². The highest BCUT2D eigenvalue weighted by Crippen LogP contribution is 2.37. The van der Waals surface area contributed by atoms with Gasteiger partial charge in [-0.3, -0.25) is 0 Å². The summed E-state index contributed by atoms with van der Waals surface area (Å²) < 4.78 is 6.39. The monoisotopic (exact) mass is 386 g/mol. The fourth-order valence-electron chi connectivity index (χ4n) is 1.57. The third kappa shape index (κ3) is 4.24. The molecule has 1 N–H and O–H groups in total. The summed E-state index contributed by atoms with van der Waals surface area (Å²) >= 11 is 15.4. The van der Waals surface area contributed by atoms with E-state index in [-0.39, 0.29) is 0 Å². The van der Waals surface area contributed by atoms with Gasteiger partial charge in [0.2, 0.25) is 0 Å². The predicted octanol–water partition coefficient (Wildman–Crippen LogP) is 5.65. The second-order valence-electron chi connectivity index (χ2n) is 4.01. The van der Waals surface area contributed by atoms with Crippen molar-refractivity contribution < 1.29 is 14.6 Å². The maximum atomic E-state index is 10.6. The molecule has 3 nitrogen and oxygen atoms in total. The van der Waals surface area contributed by atoms with E-state index in [1.54, 1.807) is 36.4 Å². The van der Waals surface area contributed by atoms with Crippen LogP contribution in [0.4, 0.5) is 0 Å². The van der Waals surface area contributed by atoms with Gasteiger partial charge in [0.05, 0.1) is 10.0 Å². The van der Waals surface area contributed by atoms with Crippen LogP contribution in [0.25, 0.3) is 6.08 Å². The van der Waals surface area contributed by atoms with Crippen molar-refractivity contribution in [1.29, 1.82) is 0 Å². The number of carboxylic acid groups (broad SMARTS) is 1. The average molecular weight is 388 g/mol. The Bertz CT molecular complexity index is 714. The molecule has 0 heterocycles. The Morgan fingerprint density at radius 2 is 1.86 bits per heavy atom. The van der Waals surface area contributed by atoms with Gasteiger partial charge in [-0.1, -0.05) is 41.4 Å². The molecule has 0 spiro atoms. The van der Waals surface area contributed by atoms with Crippen LogP contribution in [0.15, 0.2) is 46.9 Å². The summed E-state index contributed by atoms with van der Waals surface area (Å²) in [6.45, 7) is 0. The maximum Gasteiger partial charge on any atom is 0.328 e. The Labute approximate surface area is 139 Å². The zero-order chi connectivity index (χ0) is 15.4. The largest absolute Gasteiger partial charge is 0.478 e. The number of aliphatic carboxylic acids is 1. The Hall–Kier alpha value is -1.49. The molecule has 0 unspecified atom stereocenters. The van der Waals surface area contributed by atoms with Crippen LogP contribution in [-0.4, -0.2) is 11.1 Å². The molecule has 0 fully saturated rings. The average Bonchev–Trinajstić information content (AvgIpc) is 2.43. The molecule has 0 radical (unpaired) electrons. The van der Waals surface area contributed by atoms with Gasteiger partial charge < -0.3 is 9.84 Å². The highest BCUT2D eigenvalue weighted by atomic mass is 79.9. The molecule has 0 aliphatic rings. The summed E-state index contributed by atoms with van der Waals surface area (Å²) in [6.07, 6.45) is 2.49. The van der Waals surface area contributed by atoms with E-state index < -0.39 is 5.97 Å². The molecule has 2 rings (SSSR count). The van der Waals surface area contributed by atoms with Gasteiger partial charge in [-0.05, 0) is 34.1 Å². The molecule has 6 heteroatoms. The smallest absolute Gasteiger partial charge is 0.328 e. The molecule has 0 bridgehead atoms. The van der Waals surface area contributed by atoms with E-state index in [0.29, 0.717) is 31.6 Å². The minimum atomic E-state index is -1.03. The Kier molecular flexibility index (Phi) is 5.28. The van der Waals surface area contributed by atoms with Gasteiger partial charge in [0.1, 0.15) is 11.5 Å². The lowest BCUT2D eigenvalue weighted by molar-refractivity contribution is -0.131. The van der Waals surface area contributed by atoms with Crippen molar-refractivity contribution in [3.8, 4) is 11.5 Å². The second kappa shape index (κ2) is 6.98. The first-order valence-electron chi connectivity index (χ1n) is 5.80. The number of hydrogen-bond acceptors (Lipinski definition) is 2. The van der Waals surface area contributed by atoms with E-state index in [9.17, 15) is 4.79 Å². The molecule has 0 aliphatic heterocycles. The van der Waals surface area contributed by atoms with Crippen LogP contribution in [0.5, 0.6) is 11.5 Å². The highest BCUT2D eigenvalue weighted by Gasteiger charge is 2.09. The summed E-state index contributed by atoms with van der Waals surface area (Å²) in [5, 5.41) is 9.55. The van der Waals surface area contributed by atoms with Crippen molar-refractivity contribution in [1.82, 2.24) is 0 Å². The third-order valence-electron chi connectivity index (χ3n) is 2.52. The normalized spacial score (nSPS) is 10.8. The quantitative estimate of drug-likeness (QED) is 0.544. The van der Waals surface area contributed by atoms with Gasteiger partial charge in [0.25, 0.3) is 0 Å². The molecule has 2 aromatic rings. The lowest BCUT2D eigenvalue weighted by Gasteiger charge is -2.11. The van der Waals surface area contributed by atoms with Crippen LogP contribution in [0.1, 0.15) is 5.56 Å². The van der Waals surface area contributed by atoms with E-state index >= 15 is 0 Å². The van der Waals surface area contributed by atoms with Crippen molar-refractivity contribution in [3.05, 3.63) is 62.6 Å². The number of rotatable bonds is 4. The van der Waals surface area contributed by atoms with Gasteiger partial charge >= 0.3 is 5.97 Å². The van der Waals surface area contributed by atoms with E-state index in [2.05, 4.69) is 15.9 Å². The van der Waals surface area contributed by atoms with E-state index in [1.165, 1.54) is 6.08 Å². The Morgan fingerprint density at radius 3 is 2.57 bits per heavy atom. The summed E-state index contributed by atoms with van der Waals surface area (Å²) in [5.74, 6) is -0.161. The van der Waals surface area contributed by atoms with Crippen molar-refractivity contribution >= 4 is 51.2 Å². The van der Waals surface area contributed by atoms with Crippen molar-refractivity contribution in [2.45, 2.75) is 0 Å². The predicted molar refractivity (Wildman–Crippen MR) is 87.3 cm³/mol. The first kappa shape index (κ1) is 15.9. The van der Waals surface area contributed by atoms with Gasteiger partial charge in [-0.15, -0.1) is 0 Å². The second-order valence-corrected chi connectivity index (χ2v) is 5.68. The number of carboxylic acids is 1. The summed E-state index contributed by atoms with van der Waals surface area (Å²) in [4.78, 5) is 10.6. The molecular formula is C15H9BrCl2O3. The van der Waals surface area contributed by atoms with Crippen molar-refractivity contribution in [2.75, 3.05) is 0 Å². The van der Waals surface area contributed by atoms with E-state index in [0.717, 1.165) is 6.08 Å². The summed E-state index contributed by atoms with van der Waals surface area (Å²) in [6, 6.07) is 10.2. The van der Waals surface area contributed by atoms with Gasteiger partial charge in [-0.25, -0.2) is 4.79 Å². The molecule has 0 saturated carbocycles. The zero-order valence-corrected chi connectivity index (χ0v) is 13.6. The molecule has 2 aromatic carbocycles. The molecule has 108 valence electrons. The Balaban J connectivity index is 2.36.